The molecule has 1 unspecified atom stereocenters. The highest BCUT2D eigenvalue weighted by atomic mass is 16.1. The van der Waals surface area contributed by atoms with Crippen molar-refractivity contribution in [1.29, 1.82) is 0 Å². The molecule has 3 rings (SSSR count). The number of rotatable bonds is 3. The molecule has 1 amide bonds. The third-order valence-corrected chi connectivity index (χ3v) is 5.05. The lowest BCUT2D eigenvalue weighted by molar-refractivity contribution is 0.1000. The lowest BCUT2D eigenvalue weighted by atomic mass is 9.84. The fraction of sp³-hybridized carbons (Fsp3) is 0.320. The summed E-state index contributed by atoms with van der Waals surface area (Å²) >= 11 is 0. The van der Waals surface area contributed by atoms with Crippen LogP contribution in [-0.2, 0) is 0 Å². The fourth-order valence-corrected chi connectivity index (χ4v) is 3.30. The predicted molar refractivity (Wildman–Crippen MR) is 116 cm³/mol. The second kappa shape index (κ2) is 9.91. The maximum atomic E-state index is 10.6. The minimum atomic E-state index is -0.372. The summed E-state index contributed by atoms with van der Waals surface area (Å²) in [5.41, 5.74) is 12.5. The van der Waals surface area contributed by atoms with Gasteiger partial charge in [0.2, 0.25) is 5.91 Å². The summed E-state index contributed by atoms with van der Waals surface area (Å²) in [5, 5.41) is 0. The predicted octanol–water partition coefficient (Wildman–Crippen LogP) is 6.32. The first-order chi connectivity index (χ1) is 12.9. The Balaban J connectivity index is 0.000000223. The SMILES string of the molecule is CC1=C(/C=C(\C)c2ccccc2)CC(C)CC1.Cc1cccc(C(N)=O)c1. The van der Waals surface area contributed by atoms with Gasteiger partial charge in [-0.05, 0) is 74.8 Å². The minimum Gasteiger partial charge on any atom is -0.366 e. The number of amides is 1. The third kappa shape index (κ3) is 6.56. The van der Waals surface area contributed by atoms with Crippen molar-refractivity contribution in [1.82, 2.24) is 0 Å². The minimum absolute atomic E-state index is 0.372. The highest BCUT2D eigenvalue weighted by Crippen LogP contribution is 2.31. The van der Waals surface area contributed by atoms with E-state index >= 15 is 0 Å². The molecule has 0 radical (unpaired) electrons. The van der Waals surface area contributed by atoms with Gasteiger partial charge in [-0.15, -0.1) is 0 Å². The summed E-state index contributed by atoms with van der Waals surface area (Å²) < 4.78 is 0. The molecule has 0 spiro atoms. The number of nitrogens with two attached hydrogens (primary N) is 1. The van der Waals surface area contributed by atoms with Crippen LogP contribution in [0.1, 0.15) is 61.5 Å². The molecule has 2 heteroatoms. The number of primary amides is 1. The van der Waals surface area contributed by atoms with Crippen molar-refractivity contribution in [2.45, 2.75) is 47.0 Å². The maximum Gasteiger partial charge on any atom is 0.248 e. The molecule has 142 valence electrons. The van der Waals surface area contributed by atoms with E-state index in [1.807, 2.05) is 19.1 Å². The Morgan fingerprint density at radius 1 is 1.04 bits per heavy atom. The largest absolute Gasteiger partial charge is 0.366 e. The Kier molecular flexibility index (Phi) is 7.60. The van der Waals surface area contributed by atoms with Crippen molar-refractivity contribution < 1.29 is 4.79 Å². The van der Waals surface area contributed by atoms with Crippen LogP contribution in [0.15, 0.2) is 71.8 Å². The highest BCUT2D eigenvalue weighted by molar-refractivity contribution is 5.92. The first kappa shape index (κ1) is 20.7. The molecule has 2 aromatic carbocycles. The summed E-state index contributed by atoms with van der Waals surface area (Å²) in [6.07, 6.45) is 6.26. The molecular formula is C25H31NO. The molecule has 0 fully saturated rings. The third-order valence-electron chi connectivity index (χ3n) is 5.05. The van der Waals surface area contributed by atoms with E-state index in [9.17, 15) is 4.79 Å². The lowest BCUT2D eigenvalue weighted by Gasteiger charge is -2.21. The van der Waals surface area contributed by atoms with Gasteiger partial charge in [0.1, 0.15) is 0 Å². The van der Waals surface area contributed by atoms with Gasteiger partial charge in [0.25, 0.3) is 0 Å². The van der Waals surface area contributed by atoms with Crippen LogP contribution >= 0.6 is 0 Å². The van der Waals surface area contributed by atoms with Gasteiger partial charge in [-0.1, -0.05) is 66.6 Å². The molecule has 0 bridgehead atoms. The van der Waals surface area contributed by atoms with Crippen LogP contribution in [0.25, 0.3) is 5.57 Å². The van der Waals surface area contributed by atoms with Gasteiger partial charge in [-0.2, -0.15) is 0 Å². The van der Waals surface area contributed by atoms with Gasteiger partial charge >= 0.3 is 0 Å². The molecule has 27 heavy (non-hydrogen) atoms. The Labute approximate surface area is 163 Å². The monoisotopic (exact) mass is 361 g/mol. The number of hydrogen-bond donors (Lipinski definition) is 1. The quantitative estimate of drug-likeness (QED) is 0.683. The van der Waals surface area contributed by atoms with E-state index < -0.39 is 0 Å². The van der Waals surface area contributed by atoms with E-state index in [-0.39, 0.29) is 5.91 Å². The first-order valence-corrected chi connectivity index (χ1v) is 9.65. The lowest BCUT2D eigenvalue weighted by Crippen LogP contribution is -2.10. The molecular weight excluding hydrogens is 330 g/mol. The van der Waals surface area contributed by atoms with Crippen molar-refractivity contribution in [3.05, 3.63) is 88.5 Å². The van der Waals surface area contributed by atoms with E-state index in [2.05, 4.69) is 57.2 Å². The molecule has 0 aliphatic heterocycles. The molecule has 0 saturated heterocycles. The number of hydrogen-bond acceptors (Lipinski definition) is 1. The van der Waals surface area contributed by atoms with Gasteiger partial charge in [0, 0.05) is 5.56 Å². The molecule has 1 aliphatic carbocycles. The van der Waals surface area contributed by atoms with Crippen LogP contribution in [0.4, 0.5) is 0 Å². The maximum absolute atomic E-state index is 10.6. The Hall–Kier alpha value is -2.61. The van der Waals surface area contributed by atoms with Crippen LogP contribution in [0.5, 0.6) is 0 Å². The summed E-state index contributed by atoms with van der Waals surface area (Å²) in [5.74, 6) is 0.470. The van der Waals surface area contributed by atoms with Crippen molar-refractivity contribution in [3.63, 3.8) is 0 Å². The second-order valence-electron chi connectivity index (χ2n) is 7.58. The van der Waals surface area contributed by atoms with E-state index in [0.717, 1.165) is 11.5 Å². The van der Waals surface area contributed by atoms with Crippen molar-refractivity contribution >= 4 is 11.5 Å². The van der Waals surface area contributed by atoms with E-state index in [0.29, 0.717) is 5.56 Å². The zero-order chi connectivity index (χ0) is 19.8. The number of aryl methyl sites for hydroxylation is 1. The number of benzene rings is 2. The van der Waals surface area contributed by atoms with Gasteiger partial charge in [0.15, 0.2) is 0 Å². The summed E-state index contributed by atoms with van der Waals surface area (Å²) in [7, 11) is 0. The number of carbonyl (C=O) groups excluding carboxylic acids is 1. The standard InChI is InChI=1S/C17H22.C8H9NO/c1-13-9-10-14(2)17(11-13)12-15(3)16-7-5-4-6-8-16;1-6-3-2-4-7(5-6)8(9)10/h4-8,12-13H,9-11H2,1-3H3;2-5H,1H3,(H2,9,10)/b15-12+;. The summed E-state index contributed by atoms with van der Waals surface area (Å²) in [6.45, 7) is 8.79. The van der Waals surface area contributed by atoms with Crippen molar-refractivity contribution in [3.8, 4) is 0 Å². The first-order valence-electron chi connectivity index (χ1n) is 9.65. The Bertz CT molecular complexity index is 830. The molecule has 0 heterocycles. The molecule has 2 aromatic rings. The average Bonchev–Trinajstić information content (AvgIpc) is 2.66. The smallest absolute Gasteiger partial charge is 0.248 e. The molecule has 1 aliphatic rings. The summed E-state index contributed by atoms with van der Waals surface area (Å²) in [6, 6.07) is 17.9. The van der Waals surface area contributed by atoms with Crippen LogP contribution < -0.4 is 5.73 Å². The Morgan fingerprint density at radius 2 is 1.70 bits per heavy atom. The molecule has 1 atom stereocenters. The molecule has 2 nitrogen and oxygen atoms in total. The average molecular weight is 362 g/mol. The van der Waals surface area contributed by atoms with Crippen molar-refractivity contribution in [2.75, 3.05) is 0 Å². The van der Waals surface area contributed by atoms with E-state index in [4.69, 9.17) is 5.73 Å². The summed E-state index contributed by atoms with van der Waals surface area (Å²) in [4.78, 5) is 10.6. The van der Waals surface area contributed by atoms with Gasteiger partial charge in [-0.25, -0.2) is 0 Å². The van der Waals surface area contributed by atoms with Gasteiger partial charge < -0.3 is 5.73 Å². The number of carbonyl (C=O) groups is 1. The second-order valence-corrected chi connectivity index (χ2v) is 7.58. The zero-order valence-corrected chi connectivity index (χ0v) is 17.0. The van der Waals surface area contributed by atoms with E-state index in [1.165, 1.54) is 30.4 Å². The van der Waals surface area contributed by atoms with Crippen LogP contribution in [0.2, 0.25) is 0 Å². The highest BCUT2D eigenvalue weighted by Gasteiger charge is 2.13. The zero-order valence-electron chi connectivity index (χ0n) is 17.0. The van der Waals surface area contributed by atoms with Gasteiger partial charge in [0.05, 0.1) is 0 Å². The molecule has 0 aromatic heterocycles. The fourth-order valence-electron chi connectivity index (χ4n) is 3.30. The van der Waals surface area contributed by atoms with E-state index in [1.54, 1.807) is 23.3 Å². The van der Waals surface area contributed by atoms with Crippen LogP contribution in [0, 0.1) is 12.8 Å². The number of allylic oxidation sites excluding steroid dienone is 4. The van der Waals surface area contributed by atoms with Gasteiger partial charge in [-0.3, -0.25) is 4.79 Å². The normalized spacial score (nSPS) is 17.2. The molecule has 0 saturated carbocycles. The van der Waals surface area contributed by atoms with Crippen LogP contribution in [-0.4, -0.2) is 5.91 Å². The van der Waals surface area contributed by atoms with Crippen LogP contribution in [0.3, 0.4) is 0 Å². The molecule has 2 N–H and O–H groups in total. The Morgan fingerprint density at radius 3 is 2.30 bits per heavy atom. The topological polar surface area (TPSA) is 43.1 Å². The van der Waals surface area contributed by atoms with Crippen molar-refractivity contribution in [2.24, 2.45) is 11.7 Å².